The van der Waals surface area contributed by atoms with E-state index in [9.17, 15) is 10.2 Å². The van der Waals surface area contributed by atoms with Crippen LogP contribution in [0.2, 0.25) is 0 Å². The average molecular weight is 162 g/mol. The van der Waals surface area contributed by atoms with E-state index in [1.54, 1.807) is 6.92 Å². The summed E-state index contributed by atoms with van der Waals surface area (Å²) in [6.07, 6.45) is -2.01. The molecule has 1 saturated heterocycles. The van der Waals surface area contributed by atoms with Gasteiger partial charge in [-0.2, -0.15) is 0 Å². The fourth-order valence-electron chi connectivity index (χ4n) is 1.36. The Morgan fingerprint density at radius 1 is 1.55 bits per heavy atom. The maximum Gasteiger partial charge on any atom is 0.118 e. The van der Waals surface area contributed by atoms with Crippen molar-refractivity contribution in [2.75, 3.05) is 6.61 Å². The van der Waals surface area contributed by atoms with E-state index < -0.39 is 23.9 Å². The van der Waals surface area contributed by atoms with Gasteiger partial charge in [0.05, 0.1) is 12.7 Å². The van der Waals surface area contributed by atoms with Crippen LogP contribution in [-0.2, 0) is 4.74 Å². The Labute approximate surface area is 65.4 Å². The molecule has 4 heteroatoms. The molecule has 0 aromatic rings. The minimum atomic E-state index is -1.33. The fourth-order valence-corrected chi connectivity index (χ4v) is 1.36. The smallest absolute Gasteiger partial charge is 0.118 e. The highest BCUT2D eigenvalue weighted by atomic mass is 16.6. The van der Waals surface area contributed by atoms with Gasteiger partial charge in [0.1, 0.15) is 17.8 Å². The Hall–Kier alpha value is -0.160. The zero-order valence-corrected chi connectivity index (χ0v) is 6.69. The van der Waals surface area contributed by atoms with Crippen molar-refractivity contribution < 1.29 is 20.1 Å². The maximum absolute atomic E-state index is 9.56. The average Bonchev–Trinajstić information content (AvgIpc) is 2.13. The van der Waals surface area contributed by atoms with E-state index in [1.807, 2.05) is 0 Å². The summed E-state index contributed by atoms with van der Waals surface area (Å²) in [6, 6.07) is 0. The van der Waals surface area contributed by atoms with Gasteiger partial charge in [-0.3, -0.25) is 0 Å². The summed E-state index contributed by atoms with van der Waals surface area (Å²) < 4.78 is 5.09. The van der Waals surface area contributed by atoms with E-state index in [0.29, 0.717) is 0 Å². The molecule has 0 unspecified atom stereocenters. The second-order valence-corrected chi connectivity index (χ2v) is 3.18. The van der Waals surface area contributed by atoms with Gasteiger partial charge in [-0.05, 0) is 13.8 Å². The first-order valence-corrected chi connectivity index (χ1v) is 3.67. The molecule has 66 valence electrons. The lowest BCUT2D eigenvalue weighted by molar-refractivity contribution is -0.0792. The third-order valence-corrected chi connectivity index (χ3v) is 2.24. The molecule has 3 N–H and O–H groups in total. The van der Waals surface area contributed by atoms with E-state index in [4.69, 9.17) is 9.84 Å². The molecule has 4 atom stereocenters. The number of hydrogen-bond acceptors (Lipinski definition) is 4. The lowest BCUT2D eigenvalue weighted by Gasteiger charge is -2.24. The molecule has 0 radical (unpaired) electrons. The number of rotatable bonds is 1. The van der Waals surface area contributed by atoms with Crippen molar-refractivity contribution in [3.05, 3.63) is 0 Å². The van der Waals surface area contributed by atoms with E-state index in [1.165, 1.54) is 6.92 Å². The Morgan fingerprint density at radius 2 is 2.09 bits per heavy atom. The molecule has 1 fully saturated rings. The third-order valence-electron chi connectivity index (χ3n) is 2.24. The molecule has 1 aliphatic rings. The molecule has 0 bridgehead atoms. The van der Waals surface area contributed by atoms with Crippen molar-refractivity contribution in [1.29, 1.82) is 0 Å². The van der Waals surface area contributed by atoms with Gasteiger partial charge in [-0.15, -0.1) is 0 Å². The molecule has 11 heavy (non-hydrogen) atoms. The first-order chi connectivity index (χ1) is 5.00. The molecular weight excluding hydrogens is 148 g/mol. The van der Waals surface area contributed by atoms with Crippen LogP contribution in [0.15, 0.2) is 0 Å². The van der Waals surface area contributed by atoms with Crippen LogP contribution >= 0.6 is 0 Å². The molecule has 0 spiro atoms. The van der Waals surface area contributed by atoms with E-state index in [0.717, 1.165) is 0 Å². The van der Waals surface area contributed by atoms with Crippen LogP contribution in [0.1, 0.15) is 13.8 Å². The Balaban J connectivity index is 2.74. The second-order valence-electron chi connectivity index (χ2n) is 3.18. The third kappa shape index (κ3) is 1.27. The van der Waals surface area contributed by atoms with Crippen LogP contribution in [0.3, 0.4) is 0 Å². The topological polar surface area (TPSA) is 69.9 Å². The van der Waals surface area contributed by atoms with Crippen LogP contribution in [0, 0.1) is 0 Å². The minimum Gasteiger partial charge on any atom is -0.394 e. The molecule has 4 nitrogen and oxygen atoms in total. The highest BCUT2D eigenvalue weighted by molar-refractivity contribution is 4.98. The van der Waals surface area contributed by atoms with Gasteiger partial charge >= 0.3 is 0 Å². The summed E-state index contributed by atoms with van der Waals surface area (Å²) in [6.45, 7) is 2.85. The molecule has 1 heterocycles. The number of hydrogen-bond donors (Lipinski definition) is 3. The summed E-state index contributed by atoms with van der Waals surface area (Å²) in [7, 11) is 0. The van der Waals surface area contributed by atoms with Gasteiger partial charge < -0.3 is 20.1 Å². The van der Waals surface area contributed by atoms with Crippen molar-refractivity contribution in [3.8, 4) is 0 Å². The standard InChI is InChI=1S/C7H14O4/c1-4-6(9)7(2,10)5(3-8)11-4/h4-6,8-10H,3H2,1-2H3/t4-,5-,6-,7-/m0/s1. The van der Waals surface area contributed by atoms with Gasteiger partial charge in [-0.25, -0.2) is 0 Å². The molecule has 0 aromatic carbocycles. The first kappa shape index (κ1) is 8.93. The van der Waals surface area contributed by atoms with E-state index >= 15 is 0 Å². The predicted molar refractivity (Wildman–Crippen MR) is 38.1 cm³/mol. The van der Waals surface area contributed by atoms with Gasteiger partial charge in [0, 0.05) is 0 Å². The first-order valence-electron chi connectivity index (χ1n) is 3.67. The number of aliphatic hydroxyl groups is 3. The van der Waals surface area contributed by atoms with Crippen molar-refractivity contribution >= 4 is 0 Å². The predicted octanol–water partition coefficient (Wildman–Crippen LogP) is -1.12. The van der Waals surface area contributed by atoms with Crippen LogP contribution < -0.4 is 0 Å². The Kier molecular flexibility index (Phi) is 2.20. The van der Waals surface area contributed by atoms with Crippen LogP contribution in [0.4, 0.5) is 0 Å². The lowest BCUT2D eigenvalue weighted by Crippen LogP contribution is -2.46. The van der Waals surface area contributed by atoms with Gasteiger partial charge in [0.2, 0.25) is 0 Å². The SMILES string of the molecule is C[C@@H]1O[C@@H](CO)[C@](C)(O)[C@H]1O. The summed E-state index contributed by atoms with van der Waals surface area (Å²) in [5, 5.41) is 27.6. The van der Waals surface area contributed by atoms with Gasteiger partial charge in [0.15, 0.2) is 0 Å². The molecule has 0 saturated carbocycles. The summed E-state index contributed by atoms with van der Waals surface area (Å²) in [5.41, 5.74) is -1.33. The molecule has 0 aromatic heterocycles. The van der Waals surface area contributed by atoms with E-state index in [-0.39, 0.29) is 6.61 Å². The van der Waals surface area contributed by atoms with Crippen LogP contribution in [-0.4, -0.2) is 45.8 Å². The quantitative estimate of drug-likeness (QED) is 0.456. The molecule has 1 aliphatic heterocycles. The molecule has 1 rings (SSSR count). The zero-order chi connectivity index (χ0) is 8.65. The summed E-state index contributed by atoms with van der Waals surface area (Å²) in [5.74, 6) is 0. The van der Waals surface area contributed by atoms with E-state index in [2.05, 4.69) is 0 Å². The monoisotopic (exact) mass is 162 g/mol. The highest BCUT2D eigenvalue weighted by Crippen LogP contribution is 2.30. The van der Waals surface area contributed by atoms with Crippen molar-refractivity contribution in [3.63, 3.8) is 0 Å². The molecule has 0 aliphatic carbocycles. The van der Waals surface area contributed by atoms with Gasteiger partial charge in [0.25, 0.3) is 0 Å². The normalized spacial score (nSPS) is 51.5. The summed E-state index contributed by atoms with van der Waals surface area (Å²) in [4.78, 5) is 0. The Morgan fingerprint density at radius 3 is 2.27 bits per heavy atom. The number of aliphatic hydroxyl groups excluding tert-OH is 2. The number of ether oxygens (including phenoxy) is 1. The summed E-state index contributed by atoms with van der Waals surface area (Å²) >= 11 is 0. The van der Waals surface area contributed by atoms with Crippen molar-refractivity contribution in [2.24, 2.45) is 0 Å². The van der Waals surface area contributed by atoms with Crippen LogP contribution in [0.5, 0.6) is 0 Å². The highest BCUT2D eigenvalue weighted by Gasteiger charge is 2.49. The largest absolute Gasteiger partial charge is 0.394 e. The Bertz CT molecular complexity index is 145. The maximum atomic E-state index is 9.56. The fraction of sp³-hybridized carbons (Fsp3) is 1.00. The molecular formula is C7H14O4. The van der Waals surface area contributed by atoms with Crippen LogP contribution in [0.25, 0.3) is 0 Å². The molecule has 0 amide bonds. The van der Waals surface area contributed by atoms with Crippen molar-refractivity contribution in [2.45, 2.75) is 37.8 Å². The second kappa shape index (κ2) is 2.71. The van der Waals surface area contributed by atoms with Crippen molar-refractivity contribution in [1.82, 2.24) is 0 Å². The zero-order valence-electron chi connectivity index (χ0n) is 6.69. The minimum absolute atomic E-state index is 0.269. The van der Waals surface area contributed by atoms with Gasteiger partial charge in [-0.1, -0.05) is 0 Å². The lowest BCUT2D eigenvalue weighted by atomic mass is 9.94.